The Labute approximate surface area is 158 Å². The average Bonchev–Trinajstić information content (AvgIpc) is 3.03. The molecule has 1 aliphatic rings. The van der Waals surface area contributed by atoms with Gasteiger partial charge in [-0.25, -0.2) is 4.79 Å². The Bertz CT molecular complexity index is 782. The van der Waals surface area contributed by atoms with E-state index < -0.39 is 0 Å². The van der Waals surface area contributed by atoms with Crippen molar-refractivity contribution in [3.8, 4) is 0 Å². The topological polar surface area (TPSA) is 55.4 Å². The maximum Gasteiger partial charge on any atom is 0.341 e. The molecule has 1 aliphatic carbocycles. The molecule has 0 saturated carbocycles. The van der Waals surface area contributed by atoms with Crippen LogP contribution in [0.2, 0.25) is 0 Å². The van der Waals surface area contributed by atoms with E-state index in [2.05, 4.69) is 12.2 Å². The van der Waals surface area contributed by atoms with Crippen LogP contribution in [0.1, 0.15) is 52.5 Å². The van der Waals surface area contributed by atoms with Crippen LogP contribution < -0.4 is 5.32 Å². The van der Waals surface area contributed by atoms with Gasteiger partial charge in [0.15, 0.2) is 0 Å². The summed E-state index contributed by atoms with van der Waals surface area (Å²) in [4.78, 5) is 26.0. The lowest BCUT2D eigenvalue weighted by molar-refractivity contribution is -0.116. The summed E-state index contributed by atoms with van der Waals surface area (Å²) in [5.41, 5.74) is 2.77. The molecule has 1 atom stereocenters. The van der Waals surface area contributed by atoms with Gasteiger partial charge in [0.1, 0.15) is 5.00 Å². The third-order valence-electron chi connectivity index (χ3n) is 5.07. The van der Waals surface area contributed by atoms with Gasteiger partial charge in [-0.15, -0.1) is 11.3 Å². The summed E-state index contributed by atoms with van der Waals surface area (Å²) in [6.07, 6.45) is 5.18. The summed E-state index contributed by atoms with van der Waals surface area (Å²) in [5, 5.41) is 3.61. The maximum atomic E-state index is 12.4. The fourth-order valence-electron chi connectivity index (χ4n) is 3.50. The predicted molar refractivity (Wildman–Crippen MR) is 105 cm³/mol. The number of carbonyl (C=O) groups excluding carboxylic acids is 2. The number of anilines is 1. The molecule has 1 aromatic carbocycles. The Balaban J connectivity index is 1.75. The standard InChI is InChI=1S/C21H25NO3S/c1-3-14-9-11-16-17(13-14)26-20(19(16)21(24)25-2)22-18(23)12-10-15-7-5-4-6-8-15/h4-8,14H,3,9-13H2,1-2H3,(H,22,23). The molecule has 0 fully saturated rings. The van der Waals surface area contributed by atoms with Crippen LogP contribution in [-0.4, -0.2) is 19.0 Å². The van der Waals surface area contributed by atoms with E-state index in [4.69, 9.17) is 4.74 Å². The molecule has 138 valence electrons. The SMILES string of the molecule is CCC1CCc2c(sc(NC(=O)CCc3ccccc3)c2C(=O)OC)C1. The van der Waals surface area contributed by atoms with E-state index in [1.807, 2.05) is 30.3 Å². The van der Waals surface area contributed by atoms with Gasteiger partial charge in [0, 0.05) is 11.3 Å². The van der Waals surface area contributed by atoms with Crippen LogP contribution in [0.15, 0.2) is 30.3 Å². The second kappa shape index (κ2) is 8.49. The number of esters is 1. The first-order valence-corrected chi connectivity index (χ1v) is 10.0. The van der Waals surface area contributed by atoms with Crippen LogP contribution in [0.3, 0.4) is 0 Å². The lowest BCUT2D eigenvalue weighted by atomic mass is 9.85. The highest BCUT2D eigenvalue weighted by atomic mass is 32.1. The second-order valence-electron chi connectivity index (χ2n) is 6.75. The van der Waals surface area contributed by atoms with Gasteiger partial charge in [-0.05, 0) is 42.7 Å². The molecule has 1 unspecified atom stereocenters. The third kappa shape index (κ3) is 4.15. The lowest BCUT2D eigenvalue weighted by Gasteiger charge is -2.20. The molecule has 1 N–H and O–H groups in total. The highest BCUT2D eigenvalue weighted by Gasteiger charge is 2.29. The van der Waals surface area contributed by atoms with Gasteiger partial charge in [0.05, 0.1) is 12.7 Å². The molecule has 0 saturated heterocycles. The zero-order valence-corrected chi connectivity index (χ0v) is 16.2. The Morgan fingerprint density at radius 1 is 1.27 bits per heavy atom. The molecule has 4 nitrogen and oxygen atoms in total. The molecular formula is C21H25NO3S. The largest absolute Gasteiger partial charge is 0.465 e. The van der Waals surface area contributed by atoms with Gasteiger partial charge in [-0.2, -0.15) is 0 Å². The van der Waals surface area contributed by atoms with Crippen molar-refractivity contribution < 1.29 is 14.3 Å². The van der Waals surface area contributed by atoms with Gasteiger partial charge in [-0.1, -0.05) is 43.7 Å². The van der Waals surface area contributed by atoms with Crippen molar-refractivity contribution in [1.29, 1.82) is 0 Å². The summed E-state index contributed by atoms with van der Waals surface area (Å²) in [5.74, 6) is 0.244. The molecule has 2 aromatic rings. The number of nitrogens with one attached hydrogen (secondary N) is 1. The van der Waals surface area contributed by atoms with Gasteiger partial charge >= 0.3 is 5.97 Å². The number of amides is 1. The van der Waals surface area contributed by atoms with Crippen molar-refractivity contribution in [2.45, 2.75) is 45.4 Å². The number of carbonyl (C=O) groups is 2. The fourth-order valence-corrected chi connectivity index (χ4v) is 4.87. The van der Waals surface area contributed by atoms with Crippen LogP contribution in [0.4, 0.5) is 5.00 Å². The normalized spacial score (nSPS) is 16.0. The highest BCUT2D eigenvalue weighted by molar-refractivity contribution is 7.17. The zero-order chi connectivity index (χ0) is 18.5. The maximum absolute atomic E-state index is 12.4. The Kier molecular flexibility index (Phi) is 6.09. The van der Waals surface area contributed by atoms with Crippen LogP contribution in [-0.2, 0) is 28.8 Å². The van der Waals surface area contributed by atoms with Crippen LogP contribution >= 0.6 is 11.3 Å². The van der Waals surface area contributed by atoms with E-state index in [0.717, 1.165) is 36.8 Å². The quantitative estimate of drug-likeness (QED) is 0.754. The van der Waals surface area contributed by atoms with Crippen molar-refractivity contribution in [1.82, 2.24) is 0 Å². The Hall–Kier alpha value is -2.14. The lowest BCUT2D eigenvalue weighted by Crippen LogP contribution is -2.16. The number of methoxy groups -OCH3 is 1. The van der Waals surface area contributed by atoms with Gasteiger partial charge in [0.25, 0.3) is 0 Å². The number of benzene rings is 1. The smallest absolute Gasteiger partial charge is 0.341 e. The second-order valence-corrected chi connectivity index (χ2v) is 7.86. The minimum absolute atomic E-state index is 0.0651. The summed E-state index contributed by atoms with van der Waals surface area (Å²) < 4.78 is 4.98. The molecule has 0 aliphatic heterocycles. The van der Waals surface area contributed by atoms with Gasteiger partial charge < -0.3 is 10.1 Å². The van der Waals surface area contributed by atoms with Crippen LogP contribution in [0, 0.1) is 5.92 Å². The average molecular weight is 372 g/mol. The Morgan fingerprint density at radius 3 is 2.73 bits per heavy atom. The van der Waals surface area contributed by atoms with Crippen molar-refractivity contribution in [2.24, 2.45) is 5.92 Å². The number of hydrogen-bond donors (Lipinski definition) is 1. The summed E-state index contributed by atoms with van der Waals surface area (Å²) >= 11 is 1.54. The molecule has 0 radical (unpaired) electrons. The fraction of sp³-hybridized carbons (Fsp3) is 0.429. The monoisotopic (exact) mass is 371 g/mol. The number of ether oxygens (including phenoxy) is 1. The molecule has 0 spiro atoms. The van der Waals surface area contributed by atoms with Crippen molar-refractivity contribution in [3.05, 3.63) is 51.9 Å². The first-order valence-electron chi connectivity index (χ1n) is 9.19. The zero-order valence-electron chi connectivity index (χ0n) is 15.3. The summed E-state index contributed by atoms with van der Waals surface area (Å²) in [6, 6.07) is 9.94. The minimum Gasteiger partial charge on any atom is -0.465 e. The van der Waals surface area contributed by atoms with Crippen molar-refractivity contribution >= 4 is 28.2 Å². The van der Waals surface area contributed by atoms with E-state index in [9.17, 15) is 9.59 Å². The van der Waals surface area contributed by atoms with Crippen LogP contribution in [0.25, 0.3) is 0 Å². The third-order valence-corrected chi connectivity index (χ3v) is 6.24. The minimum atomic E-state index is -0.351. The number of rotatable bonds is 6. The number of hydrogen-bond acceptors (Lipinski definition) is 4. The van der Waals surface area contributed by atoms with Crippen molar-refractivity contribution in [2.75, 3.05) is 12.4 Å². The molecule has 1 heterocycles. The van der Waals surface area contributed by atoms with E-state index in [0.29, 0.717) is 29.3 Å². The Morgan fingerprint density at radius 2 is 2.04 bits per heavy atom. The molecule has 3 rings (SSSR count). The van der Waals surface area contributed by atoms with Crippen LogP contribution in [0.5, 0.6) is 0 Å². The molecule has 26 heavy (non-hydrogen) atoms. The highest BCUT2D eigenvalue weighted by Crippen LogP contribution is 2.40. The number of fused-ring (bicyclic) bond motifs is 1. The van der Waals surface area contributed by atoms with Gasteiger partial charge in [0.2, 0.25) is 5.91 Å². The van der Waals surface area contributed by atoms with Crippen molar-refractivity contribution in [3.63, 3.8) is 0 Å². The first kappa shape index (κ1) is 18.6. The first-order chi connectivity index (χ1) is 12.6. The molecule has 5 heteroatoms. The van der Waals surface area contributed by atoms with E-state index >= 15 is 0 Å². The van der Waals surface area contributed by atoms with E-state index in [-0.39, 0.29) is 11.9 Å². The molecule has 1 aromatic heterocycles. The molecular weight excluding hydrogens is 346 g/mol. The van der Waals surface area contributed by atoms with E-state index in [1.54, 1.807) is 11.3 Å². The number of aryl methyl sites for hydroxylation is 1. The molecule has 1 amide bonds. The van der Waals surface area contributed by atoms with E-state index in [1.165, 1.54) is 12.0 Å². The summed E-state index contributed by atoms with van der Waals surface area (Å²) in [7, 11) is 1.39. The summed E-state index contributed by atoms with van der Waals surface area (Å²) in [6.45, 7) is 2.21. The van der Waals surface area contributed by atoms with Gasteiger partial charge in [-0.3, -0.25) is 4.79 Å². The molecule has 0 bridgehead atoms. The number of thiophene rings is 1. The predicted octanol–water partition coefficient (Wildman–Crippen LogP) is 4.62.